The van der Waals surface area contributed by atoms with E-state index in [2.05, 4.69) is 15.0 Å². The van der Waals surface area contributed by atoms with Crippen LogP contribution in [0.4, 0.5) is 0 Å². The summed E-state index contributed by atoms with van der Waals surface area (Å²) in [4.78, 5) is 23.8. The Morgan fingerprint density at radius 3 is 2.84 bits per heavy atom. The fourth-order valence-corrected chi connectivity index (χ4v) is 2.21. The van der Waals surface area contributed by atoms with Crippen LogP contribution in [0.1, 0.15) is 28.5 Å². The summed E-state index contributed by atoms with van der Waals surface area (Å²) < 4.78 is 10.8. The Bertz CT molecular complexity index is 816. The zero-order valence-electron chi connectivity index (χ0n) is 14.4. The summed E-state index contributed by atoms with van der Waals surface area (Å²) in [6.07, 6.45) is 5.30. The molecule has 0 bridgehead atoms. The molecule has 2 aromatic rings. The number of carbonyl (C=O) groups excluding carboxylic acids is 1. The van der Waals surface area contributed by atoms with Crippen LogP contribution < -0.4 is 15.2 Å². The van der Waals surface area contributed by atoms with Crippen molar-refractivity contribution in [2.75, 3.05) is 14.2 Å². The van der Waals surface area contributed by atoms with Crippen molar-refractivity contribution in [2.24, 2.45) is 10.7 Å². The molecule has 0 unspecified atom stereocenters. The summed E-state index contributed by atoms with van der Waals surface area (Å²) >= 11 is 0. The van der Waals surface area contributed by atoms with E-state index >= 15 is 0 Å². The van der Waals surface area contributed by atoms with Crippen molar-refractivity contribution in [1.82, 2.24) is 9.97 Å². The zero-order chi connectivity index (χ0) is 18.2. The summed E-state index contributed by atoms with van der Waals surface area (Å²) in [5, 5.41) is 0. The number of allylic oxidation sites excluding steroid dienone is 1. The lowest BCUT2D eigenvalue weighted by atomic mass is 10.0. The molecule has 0 aliphatic heterocycles. The van der Waals surface area contributed by atoms with Gasteiger partial charge in [-0.15, -0.1) is 0 Å². The third-order valence-electron chi connectivity index (χ3n) is 3.63. The molecule has 2 heterocycles. The minimum Gasteiger partial charge on any atom is -0.486 e. The molecule has 0 aliphatic rings. The second kappa shape index (κ2) is 8.58. The van der Waals surface area contributed by atoms with Crippen LogP contribution in [0.5, 0.6) is 11.6 Å². The molecule has 2 aromatic heterocycles. The predicted molar refractivity (Wildman–Crippen MR) is 95.9 cm³/mol. The van der Waals surface area contributed by atoms with Gasteiger partial charge in [-0.2, -0.15) is 0 Å². The summed E-state index contributed by atoms with van der Waals surface area (Å²) in [5.74, 6) is 0.712. The highest BCUT2D eigenvalue weighted by Crippen LogP contribution is 2.23. The first-order valence-electron chi connectivity index (χ1n) is 7.56. The second-order valence-corrected chi connectivity index (χ2v) is 5.07. The first-order chi connectivity index (χ1) is 12.1. The van der Waals surface area contributed by atoms with Crippen molar-refractivity contribution < 1.29 is 14.3 Å². The summed E-state index contributed by atoms with van der Waals surface area (Å²) in [5.41, 5.74) is 9.09. The first-order valence-corrected chi connectivity index (χ1v) is 7.56. The van der Waals surface area contributed by atoms with E-state index in [1.54, 1.807) is 13.2 Å². The van der Waals surface area contributed by atoms with Crippen LogP contribution in [0.15, 0.2) is 41.8 Å². The number of rotatable bonds is 7. The van der Waals surface area contributed by atoms with Gasteiger partial charge in [-0.05, 0) is 13.0 Å². The maximum Gasteiger partial charge on any atom is 0.213 e. The van der Waals surface area contributed by atoms with Gasteiger partial charge in [0.05, 0.1) is 24.6 Å². The van der Waals surface area contributed by atoms with Crippen molar-refractivity contribution in [2.45, 2.75) is 13.5 Å². The van der Waals surface area contributed by atoms with Gasteiger partial charge in [-0.3, -0.25) is 14.8 Å². The van der Waals surface area contributed by atoms with E-state index in [1.807, 2.05) is 19.1 Å². The molecule has 0 fully saturated rings. The summed E-state index contributed by atoms with van der Waals surface area (Å²) in [6.45, 7) is 2.06. The SMILES string of the molecule is CN=C(C)C(=CN)c1ncccc1COc1cnc(OC)cc1C=O. The molecule has 0 aromatic carbocycles. The number of ether oxygens (including phenoxy) is 2. The molecule has 25 heavy (non-hydrogen) atoms. The van der Waals surface area contributed by atoms with Crippen molar-refractivity contribution >= 4 is 17.6 Å². The number of aldehydes is 1. The van der Waals surface area contributed by atoms with E-state index in [0.29, 0.717) is 29.2 Å². The third-order valence-corrected chi connectivity index (χ3v) is 3.63. The van der Waals surface area contributed by atoms with Gasteiger partial charge in [0.25, 0.3) is 0 Å². The van der Waals surface area contributed by atoms with Gasteiger partial charge in [0, 0.05) is 42.4 Å². The Morgan fingerprint density at radius 1 is 1.40 bits per heavy atom. The van der Waals surface area contributed by atoms with Gasteiger partial charge in [0.1, 0.15) is 12.4 Å². The molecule has 2 rings (SSSR count). The second-order valence-electron chi connectivity index (χ2n) is 5.07. The lowest BCUT2D eigenvalue weighted by Gasteiger charge is -2.13. The molecule has 0 saturated heterocycles. The number of nitrogens with two attached hydrogens (primary N) is 1. The van der Waals surface area contributed by atoms with Gasteiger partial charge in [0.2, 0.25) is 5.88 Å². The summed E-state index contributed by atoms with van der Waals surface area (Å²) in [7, 11) is 3.18. The Balaban J connectivity index is 2.29. The van der Waals surface area contributed by atoms with Gasteiger partial charge >= 0.3 is 0 Å². The molecule has 7 nitrogen and oxygen atoms in total. The topological polar surface area (TPSA) is 99.7 Å². The summed E-state index contributed by atoms with van der Waals surface area (Å²) in [6, 6.07) is 5.21. The number of hydrogen-bond acceptors (Lipinski definition) is 7. The van der Waals surface area contributed by atoms with E-state index in [0.717, 1.165) is 16.8 Å². The average molecular weight is 340 g/mol. The molecule has 0 radical (unpaired) electrons. The maximum absolute atomic E-state index is 11.2. The number of pyridine rings is 2. The number of methoxy groups -OCH3 is 1. The van der Waals surface area contributed by atoms with E-state index in [-0.39, 0.29) is 6.61 Å². The third kappa shape index (κ3) is 4.20. The lowest BCUT2D eigenvalue weighted by molar-refractivity contribution is 0.111. The predicted octanol–water partition coefficient (Wildman–Crippen LogP) is 2.27. The highest BCUT2D eigenvalue weighted by molar-refractivity contribution is 6.22. The zero-order valence-corrected chi connectivity index (χ0v) is 14.4. The monoisotopic (exact) mass is 340 g/mol. The van der Waals surface area contributed by atoms with Crippen LogP contribution in [0.25, 0.3) is 5.57 Å². The Hall–Kier alpha value is -3.22. The molecular weight excluding hydrogens is 320 g/mol. The molecule has 130 valence electrons. The smallest absolute Gasteiger partial charge is 0.213 e. The average Bonchev–Trinajstić information content (AvgIpc) is 2.67. The van der Waals surface area contributed by atoms with Gasteiger partial charge in [-0.1, -0.05) is 6.07 Å². The van der Waals surface area contributed by atoms with Crippen LogP contribution in [-0.4, -0.2) is 36.1 Å². The van der Waals surface area contributed by atoms with Crippen LogP contribution in [0.3, 0.4) is 0 Å². The molecule has 0 aliphatic carbocycles. The Morgan fingerprint density at radius 2 is 2.20 bits per heavy atom. The molecular formula is C18H20N4O3. The Kier molecular flexibility index (Phi) is 6.22. The lowest BCUT2D eigenvalue weighted by Crippen LogP contribution is -2.08. The fraction of sp³-hybridized carbons (Fsp3) is 0.222. The minimum atomic E-state index is 0.201. The molecule has 0 spiro atoms. The van der Waals surface area contributed by atoms with E-state index < -0.39 is 0 Å². The van der Waals surface area contributed by atoms with Crippen molar-refractivity contribution in [3.8, 4) is 11.6 Å². The van der Waals surface area contributed by atoms with Gasteiger partial charge in [0.15, 0.2) is 6.29 Å². The van der Waals surface area contributed by atoms with Gasteiger partial charge < -0.3 is 15.2 Å². The van der Waals surface area contributed by atoms with Gasteiger partial charge in [-0.25, -0.2) is 4.98 Å². The maximum atomic E-state index is 11.2. The van der Waals surface area contributed by atoms with Crippen LogP contribution in [0, 0.1) is 0 Å². The Labute approximate surface area is 146 Å². The molecule has 0 amide bonds. The molecule has 2 N–H and O–H groups in total. The number of hydrogen-bond donors (Lipinski definition) is 1. The quantitative estimate of drug-likeness (QED) is 0.613. The van der Waals surface area contributed by atoms with Crippen LogP contribution in [-0.2, 0) is 6.61 Å². The van der Waals surface area contributed by atoms with Crippen molar-refractivity contribution in [3.63, 3.8) is 0 Å². The molecule has 0 atom stereocenters. The van der Waals surface area contributed by atoms with Crippen LogP contribution >= 0.6 is 0 Å². The largest absolute Gasteiger partial charge is 0.486 e. The highest BCUT2D eigenvalue weighted by Gasteiger charge is 2.13. The van der Waals surface area contributed by atoms with E-state index in [9.17, 15) is 4.79 Å². The number of carbonyl (C=O) groups is 1. The number of aromatic nitrogens is 2. The normalized spacial score (nSPS) is 12.0. The number of nitrogens with zero attached hydrogens (tertiary/aromatic N) is 3. The van der Waals surface area contributed by atoms with E-state index in [4.69, 9.17) is 15.2 Å². The number of aliphatic imine (C=N–C) groups is 1. The van der Waals surface area contributed by atoms with Crippen molar-refractivity contribution in [1.29, 1.82) is 0 Å². The minimum absolute atomic E-state index is 0.201. The standard InChI is InChI=1S/C18H20N4O3/c1-12(20-2)15(8-19)18-13(5-4-6-21-18)11-25-16-9-22-17(24-3)7-14(16)10-23/h4-10H,11,19H2,1-3H3. The van der Waals surface area contributed by atoms with Crippen molar-refractivity contribution in [3.05, 3.63) is 53.6 Å². The first kappa shape index (κ1) is 18.1. The van der Waals surface area contributed by atoms with Crippen LogP contribution in [0.2, 0.25) is 0 Å². The van der Waals surface area contributed by atoms with E-state index in [1.165, 1.54) is 25.6 Å². The molecule has 0 saturated carbocycles. The highest BCUT2D eigenvalue weighted by atomic mass is 16.5. The molecule has 7 heteroatoms. The fourth-order valence-electron chi connectivity index (χ4n) is 2.21.